The molecule has 3 amide bonds. The second-order valence-electron chi connectivity index (χ2n) is 5.20. The van der Waals surface area contributed by atoms with Gasteiger partial charge in [-0.25, -0.2) is 0 Å². The molecule has 2 rings (SSSR count). The highest BCUT2D eigenvalue weighted by molar-refractivity contribution is 5.87. The highest BCUT2D eigenvalue weighted by atomic mass is 16.2. The van der Waals surface area contributed by atoms with E-state index in [1.165, 1.54) is 6.42 Å². The molecule has 2 N–H and O–H groups in total. The van der Waals surface area contributed by atoms with Crippen LogP contribution in [0.2, 0.25) is 0 Å². The number of rotatable bonds is 3. The van der Waals surface area contributed by atoms with E-state index in [1.54, 1.807) is 0 Å². The van der Waals surface area contributed by atoms with Crippen LogP contribution in [-0.4, -0.2) is 48.8 Å². The van der Waals surface area contributed by atoms with E-state index < -0.39 is 0 Å². The van der Waals surface area contributed by atoms with Crippen LogP contribution in [0.25, 0.3) is 0 Å². The molecule has 6 nitrogen and oxygen atoms in total. The maximum absolute atomic E-state index is 11.9. The van der Waals surface area contributed by atoms with E-state index >= 15 is 0 Å². The maximum atomic E-state index is 11.9. The van der Waals surface area contributed by atoms with E-state index in [9.17, 15) is 14.4 Å². The van der Waals surface area contributed by atoms with Crippen molar-refractivity contribution in [1.29, 1.82) is 0 Å². The second kappa shape index (κ2) is 6.54. The van der Waals surface area contributed by atoms with Gasteiger partial charge >= 0.3 is 0 Å². The first-order valence-corrected chi connectivity index (χ1v) is 6.99. The summed E-state index contributed by atoms with van der Waals surface area (Å²) in [5.74, 6) is -0.349. The summed E-state index contributed by atoms with van der Waals surface area (Å²) in [6, 6.07) is 0. The van der Waals surface area contributed by atoms with Gasteiger partial charge < -0.3 is 15.5 Å². The zero-order valence-electron chi connectivity index (χ0n) is 11.1. The fourth-order valence-corrected chi connectivity index (χ4v) is 2.52. The molecule has 0 aromatic heterocycles. The molecule has 2 aliphatic rings. The smallest absolute Gasteiger partial charge is 0.241 e. The number of nitrogens with zero attached hydrogens (tertiary/aromatic N) is 1. The standard InChI is InChI=1S/C13H21N3O3/c17-11-5-4-10(8-14-11)13(19)15-9-12(18)16-6-2-1-3-7-16/h10H,1-9H2,(H,14,17)(H,15,19). The summed E-state index contributed by atoms with van der Waals surface area (Å²) in [6.07, 6.45) is 4.23. The number of carbonyl (C=O) groups is 3. The molecule has 0 aromatic rings. The summed E-state index contributed by atoms with van der Waals surface area (Å²) < 4.78 is 0. The Balaban J connectivity index is 1.70. The summed E-state index contributed by atoms with van der Waals surface area (Å²) in [5.41, 5.74) is 0. The molecule has 2 saturated heterocycles. The van der Waals surface area contributed by atoms with Crippen LogP contribution in [0.3, 0.4) is 0 Å². The number of nitrogens with one attached hydrogen (secondary N) is 2. The van der Waals surface area contributed by atoms with Crippen LogP contribution in [0.15, 0.2) is 0 Å². The van der Waals surface area contributed by atoms with Gasteiger partial charge in [0.1, 0.15) is 0 Å². The van der Waals surface area contributed by atoms with Crippen molar-refractivity contribution < 1.29 is 14.4 Å². The van der Waals surface area contributed by atoms with Gasteiger partial charge in [-0.2, -0.15) is 0 Å². The lowest BCUT2D eigenvalue weighted by molar-refractivity contribution is -0.135. The zero-order valence-corrected chi connectivity index (χ0v) is 11.1. The fraction of sp³-hybridized carbons (Fsp3) is 0.769. The molecule has 6 heteroatoms. The van der Waals surface area contributed by atoms with Crippen LogP contribution in [0.4, 0.5) is 0 Å². The average molecular weight is 267 g/mol. The Morgan fingerprint density at radius 3 is 2.63 bits per heavy atom. The van der Waals surface area contributed by atoms with Gasteiger partial charge in [0.15, 0.2) is 0 Å². The van der Waals surface area contributed by atoms with E-state index in [-0.39, 0.29) is 30.2 Å². The maximum Gasteiger partial charge on any atom is 0.241 e. The molecular weight excluding hydrogens is 246 g/mol. The molecule has 1 atom stereocenters. The summed E-state index contributed by atoms with van der Waals surface area (Å²) in [5, 5.41) is 5.35. The SMILES string of the molecule is O=C1CCC(C(=O)NCC(=O)N2CCCCC2)CN1. The van der Waals surface area contributed by atoms with Gasteiger partial charge in [-0.1, -0.05) is 0 Å². The van der Waals surface area contributed by atoms with E-state index in [2.05, 4.69) is 10.6 Å². The number of likely N-dealkylation sites (tertiary alicyclic amines) is 1. The quantitative estimate of drug-likeness (QED) is 0.733. The number of hydrogen-bond donors (Lipinski definition) is 2. The minimum atomic E-state index is -0.202. The Bertz CT molecular complexity index is 354. The molecule has 0 radical (unpaired) electrons. The topological polar surface area (TPSA) is 78.5 Å². The van der Waals surface area contributed by atoms with Crippen molar-refractivity contribution in [3.8, 4) is 0 Å². The highest BCUT2D eigenvalue weighted by Gasteiger charge is 2.25. The molecular formula is C13H21N3O3. The predicted molar refractivity (Wildman–Crippen MR) is 69.2 cm³/mol. The number of carbonyl (C=O) groups excluding carboxylic acids is 3. The summed E-state index contributed by atoms with van der Waals surface area (Å²) >= 11 is 0. The lowest BCUT2D eigenvalue weighted by Crippen LogP contribution is -2.47. The first kappa shape index (κ1) is 13.8. The molecule has 1 unspecified atom stereocenters. The minimum absolute atomic E-state index is 0.00607. The van der Waals surface area contributed by atoms with Gasteiger partial charge in [0.25, 0.3) is 0 Å². The lowest BCUT2D eigenvalue weighted by Gasteiger charge is -2.27. The lowest BCUT2D eigenvalue weighted by atomic mass is 9.98. The first-order valence-electron chi connectivity index (χ1n) is 6.99. The summed E-state index contributed by atoms with van der Waals surface area (Å²) in [4.78, 5) is 36.5. The Morgan fingerprint density at radius 2 is 2.00 bits per heavy atom. The molecule has 0 aromatic carbocycles. The van der Waals surface area contributed by atoms with Crippen LogP contribution in [0.1, 0.15) is 32.1 Å². The van der Waals surface area contributed by atoms with Crippen molar-refractivity contribution in [2.24, 2.45) is 5.92 Å². The molecule has 0 spiro atoms. The van der Waals surface area contributed by atoms with Crippen molar-refractivity contribution in [3.63, 3.8) is 0 Å². The van der Waals surface area contributed by atoms with Crippen molar-refractivity contribution in [2.45, 2.75) is 32.1 Å². The predicted octanol–water partition coefficient (Wildman–Crippen LogP) is -0.359. The monoisotopic (exact) mass is 267 g/mol. The molecule has 0 saturated carbocycles. The summed E-state index contributed by atoms with van der Waals surface area (Å²) in [7, 11) is 0. The van der Waals surface area contributed by atoms with Gasteiger partial charge in [-0.05, 0) is 25.7 Å². The van der Waals surface area contributed by atoms with Crippen LogP contribution in [0.5, 0.6) is 0 Å². The molecule has 2 fully saturated rings. The zero-order chi connectivity index (χ0) is 13.7. The summed E-state index contributed by atoms with van der Waals surface area (Å²) in [6.45, 7) is 2.05. The van der Waals surface area contributed by atoms with Gasteiger partial charge in [0.2, 0.25) is 17.7 Å². The molecule has 0 aliphatic carbocycles. The normalized spacial score (nSPS) is 23.7. The van der Waals surface area contributed by atoms with Crippen molar-refractivity contribution in [2.75, 3.05) is 26.2 Å². The van der Waals surface area contributed by atoms with E-state index in [1.807, 2.05) is 4.90 Å². The van der Waals surface area contributed by atoms with Crippen molar-refractivity contribution >= 4 is 17.7 Å². The molecule has 2 heterocycles. The third-order valence-electron chi connectivity index (χ3n) is 3.76. The number of piperidine rings is 2. The van der Waals surface area contributed by atoms with E-state index in [0.717, 1.165) is 25.9 Å². The third-order valence-corrected chi connectivity index (χ3v) is 3.76. The van der Waals surface area contributed by atoms with E-state index in [4.69, 9.17) is 0 Å². The second-order valence-corrected chi connectivity index (χ2v) is 5.20. The fourth-order valence-electron chi connectivity index (χ4n) is 2.52. The van der Waals surface area contributed by atoms with Crippen molar-refractivity contribution in [1.82, 2.24) is 15.5 Å². The third kappa shape index (κ3) is 3.94. The highest BCUT2D eigenvalue weighted by Crippen LogP contribution is 2.11. The largest absolute Gasteiger partial charge is 0.355 e. The van der Waals surface area contributed by atoms with Crippen LogP contribution < -0.4 is 10.6 Å². The van der Waals surface area contributed by atoms with E-state index in [0.29, 0.717) is 19.4 Å². The minimum Gasteiger partial charge on any atom is -0.355 e. The Kier molecular flexibility index (Phi) is 4.76. The average Bonchev–Trinajstić information content (AvgIpc) is 2.46. The van der Waals surface area contributed by atoms with Gasteiger partial charge in [-0.15, -0.1) is 0 Å². The molecule has 19 heavy (non-hydrogen) atoms. The van der Waals surface area contributed by atoms with Crippen molar-refractivity contribution in [3.05, 3.63) is 0 Å². The molecule has 106 valence electrons. The molecule has 2 aliphatic heterocycles. The van der Waals surface area contributed by atoms with Gasteiger partial charge in [0.05, 0.1) is 12.5 Å². The Morgan fingerprint density at radius 1 is 1.26 bits per heavy atom. The van der Waals surface area contributed by atoms with Gasteiger partial charge in [0, 0.05) is 26.1 Å². The Labute approximate surface area is 112 Å². The number of hydrogen-bond acceptors (Lipinski definition) is 3. The van der Waals surface area contributed by atoms with Crippen LogP contribution in [0, 0.1) is 5.92 Å². The molecule has 0 bridgehead atoms. The van der Waals surface area contributed by atoms with Gasteiger partial charge in [-0.3, -0.25) is 14.4 Å². The Hall–Kier alpha value is -1.59. The van der Waals surface area contributed by atoms with Crippen LogP contribution in [-0.2, 0) is 14.4 Å². The first-order chi connectivity index (χ1) is 9.16. The van der Waals surface area contributed by atoms with Crippen LogP contribution >= 0.6 is 0 Å². The number of amides is 3.